The van der Waals surface area contributed by atoms with Crippen molar-refractivity contribution >= 4 is 18.2 Å². The van der Waals surface area contributed by atoms with Gasteiger partial charge >= 0.3 is 0 Å². The van der Waals surface area contributed by atoms with Crippen LogP contribution in [0.5, 0.6) is 0 Å². The minimum absolute atomic E-state index is 0.670. The van der Waals surface area contributed by atoms with Crippen molar-refractivity contribution in [3.05, 3.63) is 42.4 Å². The third kappa shape index (κ3) is 3.49. The quantitative estimate of drug-likeness (QED) is 0.822. The number of carbonyl (C=O) groups excluding carboxylic acids is 1. The van der Waals surface area contributed by atoms with Crippen LogP contribution < -0.4 is 10.2 Å². The van der Waals surface area contributed by atoms with Gasteiger partial charge in [0.2, 0.25) is 12.4 Å². The number of anilines is 2. The highest BCUT2D eigenvalue weighted by Gasteiger charge is 2.17. The van der Waals surface area contributed by atoms with E-state index in [0.717, 1.165) is 30.9 Å². The van der Waals surface area contributed by atoms with E-state index in [1.807, 2.05) is 24.4 Å². The number of amides is 1. The normalized spacial score (nSPS) is 14.7. The molecule has 1 N–H and O–H groups in total. The molecule has 3 rings (SSSR count). The molecule has 0 aliphatic carbocycles. The number of nitrogens with one attached hydrogen (secondary N) is 1. The smallest absolute Gasteiger partial charge is 0.227 e. The maximum atomic E-state index is 10.7. The highest BCUT2D eigenvalue weighted by molar-refractivity contribution is 5.49. The zero-order valence-electron chi connectivity index (χ0n) is 12.2. The van der Waals surface area contributed by atoms with Crippen LogP contribution in [0.2, 0.25) is 0 Å². The number of hydrogen-bond donors (Lipinski definition) is 1. The summed E-state index contributed by atoms with van der Waals surface area (Å²) in [5.74, 6) is 1.48. The largest absolute Gasteiger partial charge is 0.366 e. The maximum absolute atomic E-state index is 10.7. The second kappa shape index (κ2) is 6.84. The van der Waals surface area contributed by atoms with Crippen LogP contribution in [0.3, 0.4) is 0 Å². The SMILES string of the molecule is O=CN1CCN(c2nccc(NCc3cccnc3)n2)CC1. The Bertz CT molecular complexity index is 612. The molecule has 0 unspecified atom stereocenters. The minimum Gasteiger partial charge on any atom is -0.366 e. The van der Waals surface area contributed by atoms with Crippen LogP contribution in [0.4, 0.5) is 11.8 Å². The van der Waals surface area contributed by atoms with E-state index in [2.05, 4.69) is 25.2 Å². The highest BCUT2D eigenvalue weighted by atomic mass is 16.1. The number of pyridine rings is 1. The van der Waals surface area contributed by atoms with Crippen molar-refractivity contribution in [3.63, 3.8) is 0 Å². The molecule has 114 valence electrons. The molecule has 1 aliphatic heterocycles. The molecule has 2 aromatic rings. The molecular weight excluding hydrogens is 280 g/mol. The first-order valence-electron chi connectivity index (χ1n) is 7.25. The van der Waals surface area contributed by atoms with E-state index < -0.39 is 0 Å². The Morgan fingerprint density at radius 1 is 1.18 bits per heavy atom. The molecule has 0 spiro atoms. The molecule has 7 nitrogen and oxygen atoms in total. The molecule has 0 radical (unpaired) electrons. The molecule has 0 bridgehead atoms. The fraction of sp³-hybridized carbons (Fsp3) is 0.333. The van der Waals surface area contributed by atoms with Crippen molar-refractivity contribution in [3.8, 4) is 0 Å². The molecule has 1 amide bonds. The van der Waals surface area contributed by atoms with Crippen LogP contribution in [0.1, 0.15) is 5.56 Å². The van der Waals surface area contributed by atoms with E-state index in [9.17, 15) is 4.79 Å². The molecule has 0 aromatic carbocycles. The van der Waals surface area contributed by atoms with Gasteiger partial charge in [-0.25, -0.2) is 4.98 Å². The van der Waals surface area contributed by atoms with E-state index in [1.165, 1.54) is 0 Å². The Morgan fingerprint density at radius 2 is 2.05 bits per heavy atom. The van der Waals surface area contributed by atoms with Crippen molar-refractivity contribution in [2.24, 2.45) is 0 Å². The predicted octanol–water partition coefficient (Wildman–Crippen LogP) is 0.762. The number of rotatable bonds is 5. The van der Waals surface area contributed by atoms with Gasteiger partial charge in [-0.2, -0.15) is 4.98 Å². The van der Waals surface area contributed by atoms with Gasteiger partial charge in [-0.1, -0.05) is 6.07 Å². The van der Waals surface area contributed by atoms with E-state index >= 15 is 0 Å². The van der Waals surface area contributed by atoms with Gasteiger partial charge in [-0.15, -0.1) is 0 Å². The molecule has 0 atom stereocenters. The van der Waals surface area contributed by atoms with Crippen molar-refractivity contribution in [1.29, 1.82) is 0 Å². The molecule has 22 heavy (non-hydrogen) atoms. The van der Waals surface area contributed by atoms with Gasteiger partial charge in [0.05, 0.1) is 0 Å². The number of aromatic nitrogens is 3. The number of carbonyl (C=O) groups is 1. The van der Waals surface area contributed by atoms with Gasteiger partial charge in [-0.05, 0) is 17.7 Å². The lowest BCUT2D eigenvalue weighted by atomic mass is 10.3. The Kier molecular flexibility index (Phi) is 4.43. The van der Waals surface area contributed by atoms with Crippen LogP contribution in [0.15, 0.2) is 36.8 Å². The van der Waals surface area contributed by atoms with Crippen LogP contribution in [-0.2, 0) is 11.3 Å². The predicted molar refractivity (Wildman–Crippen MR) is 83.4 cm³/mol. The van der Waals surface area contributed by atoms with E-state index in [4.69, 9.17) is 0 Å². The van der Waals surface area contributed by atoms with Crippen molar-refractivity contribution in [2.75, 3.05) is 36.4 Å². The van der Waals surface area contributed by atoms with E-state index in [-0.39, 0.29) is 0 Å². The number of nitrogens with zero attached hydrogens (tertiary/aromatic N) is 5. The summed E-state index contributed by atoms with van der Waals surface area (Å²) in [7, 11) is 0. The van der Waals surface area contributed by atoms with Crippen molar-refractivity contribution in [1.82, 2.24) is 19.9 Å². The van der Waals surface area contributed by atoms with Crippen molar-refractivity contribution < 1.29 is 4.79 Å². The second-order valence-electron chi connectivity index (χ2n) is 5.09. The number of piperazine rings is 1. The highest BCUT2D eigenvalue weighted by Crippen LogP contribution is 2.13. The molecule has 3 heterocycles. The molecule has 1 saturated heterocycles. The lowest BCUT2D eigenvalue weighted by Crippen LogP contribution is -2.46. The third-order valence-electron chi connectivity index (χ3n) is 3.59. The van der Waals surface area contributed by atoms with E-state index in [1.54, 1.807) is 17.3 Å². The summed E-state index contributed by atoms with van der Waals surface area (Å²) in [5, 5.41) is 3.28. The summed E-state index contributed by atoms with van der Waals surface area (Å²) in [6.45, 7) is 3.60. The summed E-state index contributed by atoms with van der Waals surface area (Å²) in [5.41, 5.74) is 1.10. The topological polar surface area (TPSA) is 74.2 Å². The minimum atomic E-state index is 0.670. The Morgan fingerprint density at radius 3 is 2.77 bits per heavy atom. The average Bonchev–Trinajstić information content (AvgIpc) is 2.61. The van der Waals surface area contributed by atoms with Crippen LogP contribution >= 0.6 is 0 Å². The summed E-state index contributed by atoms with van der Waals surface area (Å²) in [6, 6.07) is 5.78. The monoisotopic (exact) mass is 298 g/mol. The fourth-order valence-electron chi connectivity index (χ4n) is 2.32. The Labute approximate surface area is 129 Å². The van der Waals surface area contributed by atoms with Crippen LogP contribution in [0.25, 0.3) is 0 Å². The van der Waals surface area contributed by atoms with Crippen LogP contribution in [-0.4, -0.2) is 52.4 Å². The van der Waals surface area contributed by atoms with E-state index in [0.29, 0.717) is 25.6 Å². The summed E-state index contributed by atoms with van der Waals surface area (Å²) in [6.07, 6.45) is 6.23. The Hall–Kier alpha value is -2.70. The zero-order valence-corrected chi connectivity index (χ0v) is 12.2. The molecule has 1 fully saturated rings. The van der Waals surface area contributed by atoms with Crippen molar-refractivity contribution in [2.45, 2.75) is 6.54 Å². The second-order valence-corrected chi connectivity index (χ2v) is 5.09. The van der Waals surface area contributed by atoms with Crippen LogP contribution in [0, 0.1) is 0 Å². The van der Waals surface area contributed by atoms with Gasteiger partial charge in [0.1, 0.15) is 5.82 Å². The lowest BCUT2D eigenvalue weighted by Gasteiger charge is -2.32. The number of hydrogen-bond acceptors (Lipinski definition) is 6. The van der Waals surface area contributed by atoms with Gasteiger partial charge in [0.15, 0.2) is 0 Å². The maximum Gasteiger partial charge on any atom is 0.227 e. The fourth-order valence-corrected chi connectivity index (χ4v) is 2.32. The zero-order chi connectivity index (χ0) is 15.2. The van der Waals surface area contributed by atoms with Gasteiger partial charge in [-0.3, -0.25) is 9.78 Å². The summed E-state index contributed by atoms with van der Waals surface area (Å²) >= 11 is 0. The summed E-state index contributed by atoms with van der Waals surface area (Å²) < 4.78 is 0. The Balaban J connectivity index is 1.61. The average molecular weight is 298 g/mol. The molecule has 7 heteroatoms. The first-order valence-corrected chi connectivity index (χ1v) is 7.25. The van der Waals surface area contributed by atoms with Gasteiger partial charge in [0.25, 0.3) is 0 Å². The van der Waals surface area contributed by atoms with Gasteiger partial charge < -0.3 is 15.1 Å². The molecular formula is C15H18N6O. The lowest BCUT2D eigenvalue weighted by molar-refractivity contribution is -0.118. The third-order valence-corrected chi connectivity index (χ3v) is 3.59. The summed E-state index contributed by atoms with van der Waals surface area (Å²) in [4.78, 5) is 27.5. The molecule has 1 aliphatic rings. The standard InChI is InChI=1S/C15H18N6O/c22-12-20-6-8-21(9-7-20)15-17-5-3-14(19-15)18-11-13-2-1-4-16-10-13/h1-5,10,12H,6-9,11H2,(H,17,18,19). The van der Waals surface area contributed by atoms with Gasteiger partial charge in [0, 0.05) is 51.3 Å². The molecule has 2 aromatic heterocycles. The first-order chi connectivity index (χ1) is 10.8. The first kappa shape index (κ1) is 14.2. The molecule has 0 saturated carbocycles.